The molecule has 3 rings (SSSR count). The first-order valence-corrected chi connectivity index (χ1v) is 8.89. The Morgan fingerprint density at radius 2 is 2.03 bits per heavy atom. The van der Waals surface area contributed by atoms with Crippen LogP contribution in [0.1, 0.15) is 54.6 Å². The van der Waals surface area contributed by atoms with Crippen LogP contribution < -0.4 is 5.32 Å². The van der Waals surface area contributed by atoms with E-state index in [2.05, 4.69) is 5.32 Å². The number of rotatable bonds is 9. The molecule has 3 aromatic rings. The number of carboxylic acids is 1. The second-order valence-electron chi connectivity index (χ2n) is 6.23. The van der Waals surface area contributed by atoms with Gasteiger partial charge in [-0.25, -0.2) is 4.79 Å². The van der Waals surface area contributed by atoms with E-state index in [1.54, 1.807) is 12.1 Å². The summed E-state index contributed by atoms with van der Waals surface area (Å²) in [4.78, 5) is 11.6. The van der Waals surface area contributed by atoms with Gasteiger partial charge in [0.25, 0.3) is 0 Å². The van der Waals surface area contributed by atoms with Crippen LogP contribution in [0.5, 0.6) is 0 Å². The maximum atomic E-state index is 11.6. The van der Waals surface area contributed by atoms with Gasteiger partial charge in [-0.3, -0.25) is 0 Å². The van der Waals surface area contributed by atoms with Gasteiger partial charge in [-0.2, -0.15) is 0 Å². The molecule has 0 aromatic heterocycles. The Morgan fingerprint density at radius 1 is 1.21 bits per heavy atom. The summed E-state index contributed by atoms with van der Waals surface area (Å²) >= 11 is 0. The van der Waals surface area contributed by atoms with Gasteiger partial charge < -0.3 is 15.5 Å². The summed E-state index contributed by atoms with van der Waals surface area (Å²) in [5.74, 6) is -1.56. The second-order valence-corrected chi connectivity index (χ2v) is 6.23. The molecule has 0 radical (unpaired) electrons. The zero-order valence-corrected chi connectivity index (χ0v) is 15.7. The molecule has 1 atom stereocenters. The standard InChI is InChI=1S/C25H27NO3/c1-18-6-2-11-22(14-18)24(27)17-26-13-5-8-19-7-3-9-20(15-19)21-10-4-12-23(16-21)25(28)29/h2-4,6-7,9-12,14-16,24,26-27H,5,8,13,17H2,1H3,(H,28,29)/t24-/m0/s1/i2D,4D,6D,10D,11D,12D,13D2,14D,16D,24D. The smallest absolute Gasteiger partial charge is 0.335 e. The van der Waals surface area contributed by atoms with Crippen molar-refractivity contribution in [2.75, 3.05) is 13.0 Å². The molecule has 0 amide bonds. The highest BCUT2D eigenvalue weighted by molar-refractivity contribution is 5.89. The van der Waals surface area contributed by atoms with Gasteiger partial charge in [0.1, 0.15) is 0 Å². The van der Waals surface area contributed by atoms with Crippen LogP contribution in [0.15, 0.2) is 72.6 Å². The molecule has 0 saturated heterocycles. The average Bonchev–Trinajstić information content (AvgIpc) is 2.87. The Hall–Kier alpha value is -2.95. The van der Waals surface area contributed by atoms with Gasteiger partial charge in [0.2, 0.25) is 0 Å². The minimum atomic E-state index is -2.63. The lowest BCUT2D eigenvalue weighted by Crippen LogP contribution is -2.22. The predicted octanol–water partition coefficient (Wildman–Crippen LogP) is 4.62. The van der Waals surface area contributed by atoms with Crippen molar-refractivity contribution in [2.45, 2.75) is 25.8 Å². The molecule has 0 unspecified atom stereocenters. The van der Waals surface area contributed by atoms with Crippen molar-refractivity contribution >= 4 is 5.97 Å². The van der Waals surface area contributed by atoms with Crippen molar-refractivity contribution in [2.24, 2.45) is 0 Å². The SMILES string of the molecule is [2H]c1c([2H])c(C(=O)O)c([2H])c(-c2cccc(CCC([2H])([2H])NC[C@]([2H])(O)c3c([2H])c([2H])c([2H])c(C)c3[2H])c2)c1[2H]. The largest absolute Gasteiger partial charge is 0.478 e. The first kappa shape index (κ1) is 10.7. The number of aromatic carboxylic acids is 1. The van der Waals surface area contributed by atoms with E-state index in [1.807, 2.05) is 0 Å². The minimum Gasteiger partial charge on any atom is -0.478 e. The molecule has 3 N–H and O–H groups in total. The summed E-state index contributed by atoms with van der Waals surface area (Å²) in [7, 11) is 0. The maximum absolute atomic E-state index is 11.6. The predicted molar refractivity (Wildman–Crippen MR) is 116 cm³/mol. The molecule has 3 aromatic carbocycles. The molecule has 0 spiro atoms. The zero-order chi connectivity index (χ0) is 30.3. The maximum Gasteiger partial charge on any atom is 0.335 e. The second kappa shape index (κ2) is 10.0. The molecule has 0 aliphatic rings. The molecule has 0 bridgehead atoms. The van der Waals surface area contributed by atoms with Crippen molar-refractivity contribution in [3.05, 3.63) is 94.9 Å². The lowest BCUT2D eigenvalue weighted by Gasteiger charge is -2.13. The number of hydrogen-bond acceptors (Lipinski definition) is 3. The molecular weight excluding hydrogens is 362 g/mol. The van der Waals surface area contributed by atoms with Gasteiger partial charge in [-0.05, 0) is 60.6 Å². The molecule has 0 aliphatic heterocycles. The van der Waals surface area contributed by atoms with Crippen LogP contribution in [0.25, 0.3) is 11.1 Å². The van der Waals surface area contributed by atoms with Gasteiger partial charge in [-0.1, -0.05) is 66.1 Å². The molecule has 0 fully saturated rings. The normalized spacial score (nSPS) is 18.9. The van der Waals surface area contributed by atoms with Crippen LogP contribution >= 0.6 is 0 Å². The van der Waals surface area contributed by atoms with Gasteiger partial charge in [0, 0.05) is 9.29 Å². The zero-order valence-electron chi connectivity index (χ0n) is 26.7. The summed E-state index contributed by atoms with van der Waals surface area (Å²) in [6, 6.07) is 1.84. The Kier molecular flexibility index (Phi) is 3.70. The Balaban J connectivity index is 1.82. The van der Waals surface area contributed by atoms with Crippen molar-refractivity contribution in [1.82, 2.24) is 5.32 Å². The minimum absolute atomic E-state index is 0.0154. The van der Waals surface area contributed by atoms with Crippen LogP contribution in [-0.2, 0) is 6.42 Å². The number of nitrogens with one attached hydrogen (secondary N) is 1. The Morgan fingerprint density at radius 3 is 2.86 bits per heavy atom. The summed E-state index contributed by atoms with van der Waals surface area (Å²) in [5.41, 5.74) is -0.525. The van der Waals surface area contributed by atoms with Gasteiger partial charge in [0.15, 0.2) is 0 Å². The molecule has 0 heterocycles. The molecule has 0 saturated carbocycles. The number of carbonyl (C=O) groups is 1. The van der Waals surface area contributed by atoms with E-state index in [-0.39, 0.29) is 35.6 Å². The van der Waals surface area contributed by atoms with Crippen molar-refractivity contribution in [3.8, 4) is 11.1 Å². The highest BCUT2D eigenvalue weighted by Gasteiger charge is 2.07. The van der Waals surface area contributed by atoms with Crippen LogP contribution in [0.4, 0.5) is 0 Å². The highest BCUT2D eigenvalue weighted by Crippen LogP contribution is 2.22. The summed E-state index contributed by atoms with van der Waals surface area (Å²) in [5, 5.41) is 22.5. The summed E-state index contributed by atoms with van der Waals surface area (Å²) < 4.78 is 88.9. The van der Waals surface area contributed by atoms with Crippen molar-refractivity contribution < 1.29 is 30.1 Å². The molecule has 150 valence electrons. The van der Waals surface area contributed by atoms with E-state index < -0.39 is 78.5 Å². The third-order valence-electron chi connectivity index (χ3n) is 4.01. The van der Waals surface area contributed by atoms with Crippen molar-refractivity contribution in [3.63, 3.8) is 0 Å². The topological polar surface area (TPSA) is 69.6 Å². The Bertz CT molecular complexity index is 1460. The monoisotopic (exact) mass is 400 g/mol. The van der Waals surface area contributed by atoms with Crippen LogP contribution in [0, 0.1) is 6.92 Å². The van der Waals surface area contributed by atoms with E-state index in [9.17, 15) is 15.0 Å². The van der Waals surface area contributed by atoms with Gasteiger partial charge in [-0.15, -0.1) is 0 Å². The molecule has 0 aliphatic carbocycles. The number of carboxylic acid groups (broad SMARTS) is 1. The van der Waals surface area contributed by atoms with Gasteiger partial charge >= 0.3 is 5.97 Å². The van der Waals surface area contributed by atoms with E-state index in [0.717, 1.165) is 0 Å². The quantitative estimate of drug-likeness (QED) is 0.490. The fourth-order valence-electron chi connectivity index (χ4n) is 2.59. The lowest BCUT2D eigenvalue weighted by atomic mass is 9.99. The fraction of sp³-hybridized carbons (Fsp3) is 0.240. The van der Waals surface area contributed by atoms with E-state index >= 15 is 0 Å². The van der Waals surface area contributed by atoms with Crippen LogP contribution in [0.3, 0.4) is 0 Å². The fourth-order valence-corrected chi connectivity index (χ4v) is 2.59. The molecule has 29 heavy (non-hydrogen) atoms. The number of aryl methyl sites for hydroxylation is 1. The lowest BCUT2D eigenvalue weighted by molar-refractivity contribution is 0.0697. The third kappa shape index (κ3) is 6.01. The third-order valence-corrected chi connectivity index (χ3v) is 4.01. The van der Waals surface area contributed by atoms with Gasteiger partial charge in [0.05, 0.1) is 24.0 Å². The average molecular weight is 401 g/mol. The van der Waals surface area contributed by atoms with Crippen LogP contribution in [-0.4, -0.2) is 29.2 Å². The van der Waals surface area contributed by atoms with E-state index in [1.165, 1.54) is 19.1 Å². The van der Waals surface area contributed by atoms with E-state index in [0.29, 0.717) is 5.56 Å². The molecule has 4 nitrogen and oxygen atoms in total. The first-order chi connectivity index (χ1) is 18.4. The highest BCUT2D eigenvalue weighted by atomic mass is 16.4. The molecular formula is C25H27NO3. The van der Waals surface area contributed by atoms with Crippen LogP contribution in [0.2, 0.25) is 0 Å². The summed E-state index contributed by atoms with van der Waals surface area (Å²) in [6.45, 7) is -1.50. The number of hydrogen-bond donors (Lipinski definition) is 3. The molecule has 4 heteroatoms. The number of benzene rings is 3. The van der Waals surface area contributed by atoms with Crippen molar-refractivity contribution in [1.29, 1.82) is 0 Å². The van der Waals surface area contributed by atoms with E-state index in [4.69, 9.17) is 15.1 Å². The summed E-state index contributed by atoms with van der Waals surface area (Å²) in [6.07, 6.45) is -2.72. The number of aliphatic hydroxyl groups is 1. The first-order valence-electron chi connectivity index (χ1n) is 14.4. The Labute approximate surface area is 187 Å².